The van der Waals surface area contributed by atoms with Crippen LogP contribution in [-0.4, -0.2) is 58.0 Å². The number of para-hydroxylation sites is 1. The number of hydrogen-bond acceptors (Lipinski definition) is 7. The number of nitrogens with one attached hydrogen (secondary N) is 2. The summed E-state index contributed by atoms with van der Waals surface area (Å²) in [6, 6.07) is 15.9. The standard InChI is InChI=1S/C28H30N6O2/c1-19-6-3-4-9-25(19)34-22(14-21-8-5-7-20(2)26(21)28(34)35)15-31-27-23(16-30-18-32-27)24(29)17-33-10-12-36-13-11-33/h3-9,14,16,18,29H,10-13,15,17H2,1-2H3,(H,30,31,32). The predicted octanol–water partition coefficient (Wildman–Crippen LogP) is 3.71. The molecule has 0 atom stereocenters. The summed E-state index contributed by atoms with van der Waals surface area (Å²) in [5.74, 6) is 0.580. The van der Waals surface area contributed by atoms with Crippen LogP contribution in [0.1, 0.15) is 22.4 Å². The number of aromatic nitrogens is 3. The first kappa shape index (κ1) is 23.8. The summed E-state index contributed by atoms with van der Waals surface area (Å²) in [4.78, 5) is 24.6. The first-order valence-electron chi connectivity index (χ1n) is 12.1. The Morgan fingerprint density at radius 1 is 1.08 bits per heavy atom. The highest BCUT2D eigenvalue weighted by Gasteiger charge is 2.18. The number of hydrogen-bond donors (Lipinski definition) is 2. The van der Waals surface area contributed by atoms with Gasteiger partial charge in [0.15, 0.2) is 0 Å². The quantitative estimate of drug-likeness (QED) is 0.390. The van der Waals surface area contributed by atoms with Gasteiger partial charge in [-0.15, -0.1) is 0 Å². The predicted molar refractivity (Wildman–Crippen MR) is 142 cm³/mol. The maximum absolute atomic E-state index is 13.8. The minimum Gasteiger partial charge on any atom is -0.379 e. The molecule has 1 fully saturated rings. The van der Waals surface area contributed by atoms with E-state index in [4.69, 9.17) is 10.1 Å². The van der Waals surface area contributed by atoms with Crippen molar-refractivity contribution in [2.24, 2.45) is 0 Å². The second-order valence-electron chi connectivity index (χ2n) is 9.11. The van der Waals surface area contributed by atoms with Crippen molar-refractivity contribution < 1.29 is 4.74 Å². The number of nitrogens with zero attached hydrogens (tertiary/aromatic N) is 4. The molecule has 2 N–H and O–H groups in total. The second kappa shape index (κ2) is 10.4. The Bertz CT molecular complexity index is 1470. The fourth-order valence-corrected chi connectivity index (χ4v) is 4.73. The van der Waals surface area contributed by atoms with Gasteiger partial charge in [0.05, 0.1) is 42.1 Å². The van der Waals surface area contributed by atoms with E-state index in [-0.39, 0.29) is 5.56 Å². The molecular weight excluding hydrogens is 452 g/mol. The smallest absolute Gasteiger partial charge is 0.263 e. The van der Waals surface area contributed by atoms with E-state index < -0.39 is 0 Å². The number of rotatable bonds is 7. The summed E-state index contributed by atoms with van der Waals surface area (Å²) in [6.07, 6.45) is 3.16. The molecule has 0 saturated carbocycles. The Labute approximate surface area is 210 Å². The van der Waals surface area contributed by atoms with E-state index in [9.17, 15) is 4.79 Å². The molecule has 5 rings (SSSR count). The van der Waals surface area contributed by atoms with E-state index in [1.165, 1.54) is 6.33 Å². The van der Waals surface area contributed by atoms with Gasteiger partial charge in [-0.05, 0) is 42.5 Å². The summed E-state index contributed by atoms with van der Waals surface area (Å²) in [5, 5.41) is 13.7. The van der Waals surface area contributed by atoms with Crippen LogP contribution in [0, 0.1) is 19.3 Å². The maximum Gasteiger partial charge on any atom is 0.263 e. The molecule has 1 aliphatic heterocycles. The highest BCUT2D eigenvalue weighted by Crippen LogP contribution is 2.22. The molecule has 0 unspecified atom stereocenters. The largest absolute Gasteiger partial charge is 0.379 e. The molecule has 0 aliphatic carbocycles. The van der Waals surface area contributed by atoms with Crippen LogP contribution < -0.4 is 10.9 Å². The monoisotopic (exact) mass is 482 g/mol. The van der Waals surface area contributed by atoms with Crippen molar-refractivity contribution in [3.8, 4) is 5.69 Å². The molecule has 8 nitrogen and oxygen atoms in total. The molecule has 4 aromatic rings. The summed E-state index contributed by atoms with van der Waals surface area (Å²) in [6.45, 7) is 7.82. The molecule has 184 valence electrons. The molecule has 2 aromatic heterocycles. The SMILES string of the molecule is Cc1ccccc1-n1c(CNc2ncncc2C(=N)CN2CCOCC2)cc2cccc(C)c2c1=O. The number of ether oxygens (including phenoxy) is 1. The molecule has 1 saturated heterocycles. The molecule has 3 heterocycles. The third-order valence-electron chi connectivity index (χ3n) is 6.65. The van der Waals surface area contributed by atoms with E-state index in [0.29, 0.717) is 43.4 Å². The lowest BCUT2D eigenvalue weighted by Crippen LogP contribution is -2.39. The molecule has 0 radical (unpaired) electrons. The van der Waals surface area contributed by atoms with Crippen LogP contribution in [0.3, 0.4) is 0 Å². The number of pyridine rings is 1. The minimum absolute atomic E-state index is 0.0420. The van der Waals surface area contributed by atoms with Gasteiger partial charge < -0.3 is 15.5 Å². The number of anilines is 1. The van der Waals surface area contributed by atoms with E-state index >= 15 is 0 Å². The van der Waals surface area contributed by atoms with Crippen molar-refractivity contribution >= 4 is 22.3 Å². The van der Waals surface area contributed by atoms with Crippen LogP contribution in [0.2, 0.25) is 0 Å². The van der Waals surface area contributed by atoms with Gasteiger partial charge in [-0.1, -0.05) is 36.4 Å². The average Bonchev–Trinajstić information content (AvgIpc) is 2.89. The van der Waals surface area contributed by atoms with Crippen LogP contribution in [-0.2, 0) is 11.3 Å². The van der Waals surface area contributed by atoms with Crippen molar-refractivity contribution in [1.82, 2.24) is 19.4 Å². The Morgan fingerprint density at radius 2 is 1.86 bits per heavy atom. The molecule has 0 bridgehead atoms. The number of benzene rings is 2. The van der Waals surface area contributed by atoms with Crippen LogP contribution >= 0.6 is 0 Å². The van der Waals surface area contributed by atoms with Gasteiger partial charge in [-0.3, -0.25) is 14.3 Å². The zero-order chi connectivity index (χ0) is 25.1. The zero-order valence-corrected chi connectivity index (χ0v) is 20.6. The molecule has 0 spiro atoms. The summed E-state index contributed by atoms with van der Waals surface area (Å²) in [7, 11) is 0. The van der Waals surface area contributed by atoms with E-state index in [1.807, 2.05) is 56.3 Å². The highest BCUT2D eigenvalue weighted by atomic mass is 16.5. The van der Waals surface area contributed by atoms with Gasteiger partial charge in [-0.2, -0.15) is 0 Å². The van der Waals surface area contributed by atoms with Gasteiger partial charge in [0.1, 0.15) is 12.1 Å². The van der Waals surface area contributed by atoms with Crippen molar-refractivity contribution in [2.75, 3.05) is 38.2 Å². The molecule has 36 heavy (non-hydrogen) atoms. The molecule has 2 aromatic carbocycles. The lowest BCUT2D eigenvalue weighted by atomic mass is 10.1. The molecule has 1 aliphatic rings. The number of fused-ring (bicyclic) bond motifs is 1. The first-order chi connectivity index (χ1) is 17.5. The minimum atomic E-state index is -0.0420. The highest BCUT2D eigenvalue weighted by molar-refractivity contribution is 6.03. The van der Waals surface area contributed by atoms with Crippen molar-refractivity contribution in [1.29, 1.82) is 5.41 Å². The number of morpholine rings is 1. The van der Waals surface area contributed by atoms with E-state index in [2.05, 4.69) is 26.3 Å². The Kier molecular flexibility index (Phi) is 6.88. The van der Waals surface area contributed by atoms with Crippen LogP contribution in [0.4, 0.5) is 5.82 Å². The third-order valence-corrected chi connectivity index (χ3v) is 6.65. The topological polar surface area (TPSA) is 96.1 Å². The van der Waals surface area contributed by atoms with Crippen LogP contribution in [0.5, 0.6) is 0 Å². The van der Waals surface area contributed by atoms with Gasteiger partial charge in [0.2, 0.25) is 0 Å². The van der Waals surface area contributed by atoms with Gasteiger partial charge >= 0.3 is 0 Å². The van der Waals surface area contributed by atoms with Crippen molar-refractivity contribution in [2.45, 2.75) is 20.4 Å². The first-order valence-corrected chi connectivity index (χ1v) is 12.1. The fourth-order valence-electron chi connectivity index (χ4n) is 4.73. The van der Waals surface area contributed by atoms with E-state index in [0.717, 1.165) is 46.4 Å². The zero-order valence-electron chi connectivity index (χ0n) is 20.6. The van der Waals surface area contributed by atoms with Crippen molar-refractivity contribution in [3.63, 3.8) is 0 Å². The fraction of sp³-hybridized carbons (Fsp3) is 0.286. The van der Waals surface area contributed by atoms with Crippen LogP contribution in [0.25, 0.3) is 16.5 Å². The Morgan fingerprint density at radius 3 is 2.67 bits per heavy atom. The van der Waals surface area contributed by atoms with Gasteiger partial charge in [0, 0.05) is 31.5 Å². The molecule has 0 amide bonds. The van der Waals surface area contributed by atoms with E-state index in [1.54, 1.807) is 10.8 Å². The summed E-state index contributed by atoms with van der Waals surface area (Å²) >= 11 is 0. The second-order valence-corrected chi connectivity index (χ2v) is 9.11. The van der Waals surface area contributed by atoms with Gasteiger partial charge in [0.25, 0.3) is 5.56 Å². The molecular formula is C28H30N6O2. The Balaban J connectivity index is 1.51. The Hall–Kier alpha value is -3.88. The summed E-state index contributed by atoms with van der Waals surface area (Å²) in [5.41, 5.74) is 4.71. The third kappa shape index (κ3) is 4.78. The normalized spacial score (nSPS) is 14.2. The summed E-state index contributed by atoms with van der Waals surface area (Å²) < 4.78 is 7.21. The average molecular weight is 483 g/mol. The lowest BCUT2D eigenvalue weighted by Gasteiger charge is -2.27. The maximum atomic E-state index is 13.8. The van der Waals surface area contributed by atoms with Gasteiger partial charge in [-0.25, -0.2) is 9.97 Å². The molecule has 8 heteroatoms. The van der Waals surface area contributed by atoms with Crippen molar-refractivity contribution in [3.05, 3.63) is 93.8 Å². The lowest BCUT2D eigenvalue weighted by molar-refractivity contribution is 0.0453. The van der Waals surface area contributed by atoms with Crippen LogP contribution in [0.15, 0.2) is 65.8 Å². The number of aryl methyl sites for hydroxylation is 2.